The molecule has 0 N–H and O–H groups in total. The molecule has 0 amide bonds. The van der Waals surface area contributed by atoms with Crippen molar-refractivity contribution in [3.8, 4) is 0 Å². The highest BCUT2D eigenvalue weighted by Crippen LogP contribution is 2.19. The van der Waals surface area contributed by atoms with Gasteiger partial charge in [0.05, 0.1) is 5.75 Å². The first kappa shape index (κ1) is 4.99. The van der Waals surface area contributed by atoms with Gasteiger partial charge in [-0.15, -0.1) is 0 Å². The highest BCUT2D eigenvalue weighted by Gasteiger charge is 2.18. The molecule has 0 saturated carbocycles. The fourth-order valence-electron chi connectivity index (χ4n) is 0.624. The lowest BCUT2D eigenvalue weighted by atomic mass is 10.3. The monoisotopic (exact) mass is 113 g/mol. The van der Waals surface area contributed by atoms with Crippen molar-refractivity contribution in [1.82, 2.24) is 0 Å². The Kier molecular flexibility index (Phi) is 1.59. The van der Waals surface area contributed by atoms with Crippen LogP contribution in [0.2, 0.25) is 0 Å². The summed E-state index contributed by atoms with van der Waals surface area (Å²) in [5.41, 5.74) is 0. The van der Waals surface area contributed by atoms with E-state index in [1.54, 1.807) is 0 Å². The van der Waals surface area contributed by atoms with Crippen molar-refractivity contribution in [3.05, 3.63) is 11.4 Å². The van der Waals surface area contributed by atoms with Crippen LogP contribution in [-0.2, 0) is 0 Å². The van der Waals surface area contributed by atoms with E-state index in [-0.39, 0.29) is 0 Å². The van der Waals surface area contributed by atoms with Gasteiger partial charge in [0.15, 0.2) is 0 Å². The molecule has 1 aliphatic rings. The summed E-state index contributed by atoms with van der Waals surface area (Å²) in [6, 6.07) is 0.352. The van der Waals surface area contributed by atoms with Gasteiger partial charge in [0.2, 0.25) is 6.04 Å². The van der Waals surface area contributed by atoms with Crippen LogP contribution in [0.25, 0.3) is 4.85 Å². The van der Waals surface area contributed by atoms with Gasteiger partial charge in [0, 0.05) is 12.2 Å². The van der Waals surface area contributed by atoms with Crippen molar-refractivity contribution >= 4 is 11.8 Å². The fraction of sp³-hybridized carbons (Fsp3) is 0.800. The quantitative estimate of drug-likeness (QED) is 0.430. The molecule has 7 heavy (non-hydrogen) atoms. The smallest absolute Gasteiger partial charge is 0.233 e. The van der Waals surface area contributed by atoms with E-state index < -0.39 is 0 Å². The van der Waals surface area contributed by atoms with E-state index in [4.69, 9.17) is 6.57 Å². The minimum absolute atomic E-state index is 0.352. The Morgan fingerprint density at radius 1 is 1.71 bits per heavy atom. The second-order valence-electron chi connectivity index (χ2n) is 1.65. The molecule has 0 aromatic rings. The number of hydrogen-bond donors (Lipinski definition) is 0. The molecule has 0 radical (unpaired) electrons. The molecule has 1 heterocycles. The van der Waals surface area contributed by atoms with E-state index in [1.807, 2.05) is 11.8 Å². The van der Waals surface area contributed by atoms with Crippen LogP contribution in [0.4, 0.5) is 0 Å². The van der Waals surface area contributed by atoms with Gasteiger partial charge >= 0.3 is 0 Å². The van der Waals surface area contributed by atoms with E-state index in [0.29, 0.717) is 6.04 Å². The summed E-state index contributed by atoms with van der Waals surface area (Å²) in [6.45, 7) is 6.61. The molecule has 1 nitrogen and oxygen atoms in total. The average Bonchev–Trinajstić information content (AvgIpc) is 2.14. The van der Waals surface area contributed by atoms with Crippen molar-refractivity contribution in [2.75, 3.05) is 11.5 Å². The number of hydrogen-bond acceptors (Lipinski definition) is 1. The molecule has 1 rings (SSSR count). The Labute approximate surface area is 47.9 Å². The third kappa shape index (κ3) is 1.10. The van der Waals surface area contributed by atoms with Gasteiger partial charge in [-0.05, 0) is 0 Å². The summed E-state index contributed by atoms with van der Waals surface area (Å²) < 4.78 is 0. The lowest BCUT2D eigenvalue weighted by molar-refractivity contribution is 0.869. The van der Waals surface area contributed by atoms with Crippen LogP contribution >= 0.6 is 11.8 Å². The first-order valence-electron chi connectivity index (χ1n) is 2.38. The van der Waals surface area contributed by atoms with Gasteiger partial charge in [-0.2, -0.15) is 11.8 Å². The molecule has 1 fully saturated rings. The van der Waals surface area contributed by atoms with Gasteiger partial charge in [-0.1, -0.05) is 0 Å². The molecule has 1 unspecified atom stereocenters. The van der Waals surface area contributed by atoms with Gasteiger partial charge < -0.3 is 4.85 Å². The highest BCUT2D eigenvalue weighted by atomic mass is 32.2. The molecular weight excluding hydrogens is 106 g/mol. The predicted molar refractivity (Wildman–Crippen MR) is 32.3 cm³/mol. The van der Waals surface area contributed by atoms with E-state index in [2.05, 4.69) is 4.85 Å². The molecule has 0 bridgehead atoms. The topological polar surface area (TPSA) is 4.36 Å². The second-order valence-corrected chi connectivity index (χ2v) is 2.80. The Bertz CT molecular complexity index is 88.7. The molecule has 2 heteroatoms. The van der Waals surface area contributed by atoms with Gasteiger partial charge in [-0.25, -0.2) is 6.57 Å². The highest BCUT2D eigenvalue weighted by molar-refractivity contribution is 7.99. The number of rotatable bonds is 0. The zero-order chi connectivity index (χ0) is 5.11. The van der Waals surface area contributed by atoms with Crippen molar-refractivity contribution in [2.24, 2.45) is 0 Å². The standard InChI is InChI=1S/C5H7NS/c1-6-5-2-3-7-4-5/h5H,2-4H2. The van der Waals surface area contributed by atoms with Gasteiger partial charge in [0.25, 0.3) is 0 Å². The van der Waals surface area contributed by atoms with Crippen molar-refractivity contribution < 1.29 is 0 Å². The summed E-state index contributed by atoms with van der Waals surface area (Å²) in [5.74, 6) is 2.27. The molecule has 1 saturated heterocycles. The third-order valence-corrected chi connectivity index (χ3v) is 2.23. The maximum atomic E-state index is 6.61. The number of thioether (sulfide) groups is 1. The maximum absolute atomic E-state index is 6.61. The summed E-state index contributed by atoms with van der Waals surface area (Å²) >= 11 is 1.89. The summed E-state index contributed by atoms with van der Waals surface area (Å²) in [6.07, 6.45) is 1.12. The summed E-state index contributed by atoms with van der Waals surface area (Å²) in [5, 5.41) is 0. The van der Waals surface area contributed by atoms with Crippen LogP contribution in [-0.4, -0.2) is 17.5 Å². The van der Waals surface area contributed by atoms with Crippen molar-refractivity contribution in [1.29, 1.82) is 0 Å². The Balaban J connectivity index is 2.31. The maximum Gasteiger partial charge on any atom is 0.233 e. The molecular formula is C5H7NS. The van der Waals surface area contributed by atoms with E-state index in [0.717, 1.165) is 12.2 Å². The normalized spacial score (nSPS) is 29.9. The minimum atomic E-state index is 0.352. The van der Waals surface area contributed by atoms with Crippen LogP contribution in [0.1, 0.15) is 6.42 Å². The van der Waals surface area contributed by atoms with Crippen molar-refractivity contribution in [2.45, 2.75) is 12.5 Å². The fourth-order valence-corrected chi connectivity index (χ4v) is 1.74. The molecule has 1 atom stereocenters. The summed E-state index contributed by atoms with van der Waals surface area (Å²) in [7, 11) is 0. The SMILES string of the molecule is [C-]#[N+]C1CCSC1. The minimum Gasteiger partial charge on any atom is -0.313 e. The van der Waals surface area contributed by atoms with Gasteiger partial charge in [0.1, 0.15) is 0 Å². The molecule has 1 aliphatic heterocycles. The molecule has 0 aromatic heterocycles. The Morgan fingerprint density at radius 3 is 2.86 bits per heavy atom. The number of nitrogens with zero attached hydrogens (tertiary/aromatic N) is 1. The van der Waals surface area contributed by atoms with E-state index >= 15 is 0 Å². The molecule has 38 valence electrons. The first-order chi connectivity index (χ1) is 3.43. The van der Waals surface area contributed by atoms with Crippen LogP contribution in [0.15, 0.2) is 0 Å². The molecule has 0 aliphatic carbocycles. The third-order valence-electron chi connectivity index (χ3n) is 1.09. The van der Waals surface area contributed by atoms with Crippen molar-refractivity contribution in [3.63, 3.8) is 0 Å². The van der Waals surface area contributed by atoms with Crippen LogP contribution in [0.5, 0.6) is 0 Å². The second kappa shape index (κ2) is 2.23. The van der Waals surface area contributed by atoms with E-state index in [9.17, 15) is 0 Å². The largest absolute Gasteiger partial charge is 0.313 e. The zero-order valence-electron chi connectivity index (χ0n) is 4.05. The van der Waals surface area contributed by atoms with Gasteiger partial charge in [-0.3, -0.25) is 0 Å². The average molecular weight is 113 g/mol. The van der Waals surface area contributed by atoms with Crippen LogP contribution in [0.3, 0.4) is 0 Å². The molecule has 0 aromatic carbocycles. The first-order valence-corrected chi connectivity index (χ1v) is 3.53. The summed E-state index contributed by atoms with van der Waals surface area (Å²) in [4.78, 5) is 3.42. The Hall–Kier alpha value is -0.160. The lowest BCUT2D eigenvalue weighted by Gasteiger charge is -1.84. The molecule has 0 spiro atoms. The Morgan fingerprint density at radius 2 is 2.57 bits per heavy atom. The van der Waals surface area contributed by atoms with Crippen LogP contribution < -0.4 is 0 Å². The predicted octanol–water partition coefficient (Wildman–Crippen LogP) is 1.41. The van der Waals surface area contributed by atoms with Crippen LogP contribution in [0, 0.1) is 6.57 Å². The lowest BCUT2D eigenvalue weighted by Crippen LogP contribution is -1.95. The zero-order valence-corrected chi connectivity index (χ0v) is 4.87. The van der Waals surface area contributed by atoms with E-state index in [1.165, 1.54) is 5.75 Å².